The summed E-state index contributed by atoms with van der Waals surface area (Å²) < 4.78 is 0. The number of rotatable bonds is 8. The summed E-state index contributed by atoms with van der Waals surface area (Å²) in [5, 5.41) is 3.84. The van der Waals surface area contributed by atoms with E-state index in [0.29, 0.717) is 44.2 Å². The molecule has 7 heteroatoms. The first kappa shape index (κ1) is 23.7. The third-order valence-corrected chi connectivity index (χ3v) is 6.42. The van der Waals surface area contributed by atoms with Gasteiger partial charge in [-0.1, -0.05) is 11.6 Å². The van der Waals surface area contributed by atoms with Gasteiger partial charge in [0.2, 0.25) is 0 Å². The molecule has 1 spiro atoms. The number of terminal acetylenes is 1. The van der Waals surface area contributed by atoms with Crippen LogP contribution in [0.3, 0.4) is 0 Å². The Kier molecular flexibility index (Phi) is 7.77. The third-order valence-electron chi connectivity index (χ3n) is 6.20. The fourth-order valence-electron chi connectivity index (χ4n) is 4.71. The number of carbonyl (C=O) groups is 2. The van der Waals surface area contributed by atoms with Crippen LogP contribution in [-0.4, -0.2) is 53.7 Å². The summed E-state index contributed by atoms with van der Waals surface area (Å²) in [5.74, 6) is 1.39. The lowest BCUT2D eigenvalue weighted by molar-refractivity contribution is -0.233. The zero-order chi connectivity index (χ0) is 22.6. The minimum Gasteiger partial charge on any atom is -0.299 e. The van der Waals surface area contributed by atoms with E-state index in [1.54, 1.807) is 12.1 Å². The lowest BCUT2D eigenvalue weighted by Gasteiger charge is -2.41. The molecule has 1 unspecified atom stereocenters. The van der Waals surface area contributed by atoms with Crippen LogP contribution >= 0.6 is 11.6 Å². The fourth-order valence-corrected chi connectivity index (χ4v) is 5.04. The van der Waals surface area contributed by atoms with E-state index in [4.69, 9.17) is 27.7 Å². The summed E-state index contributed by atoms with van der Waals surface area (Å²) in [6.07, 6.45) is 8.80. The minimum atomic E-state index is -0.959. The van der Waals surface area contributed by atoms with Crippen LogP contribution in [0.4, 0.5) is 0 Å². The summed E-state index contributed by atoms with van der Waals surface area (Å²) in [4.78, 5) is 38.8. The van der Waals surface area contributed by atoms with Crippen molar-refractivity contribution in [2.45, 2.75) is 64.3 Å². The van der Waals surface area contributed by atoms with Crippen LogP contribution in [0.1, 0.15) is 61.6 Å². The van der Waals surface area contributed by atoms with Gasteiger partial charge in [0.1, 0.15) is 11.5 Å². The number of amides is 1. The number of nitrogens with zero attached hydrogens (tertiary/aromatic N) is 2. The molecule has 3 rings (SSSR count). The first-order valence-corrected chi connectivity index (χ1v) is 11.3. The number of hydroxylamine groups is 4. The maximum atomic E-state index is 13.8. The smallest absolute Gasteiger partial charge is 0.262 e. The molecule has 0 radical (unpaired) electrons. The molecule has 6 nitrogen and oxygen atoms in total. The Morgan fingerprint density at radius 1 is 1.16 bits per heavy atom. The first-order valence-electron chi connectivity index (χ1n) is 10.9. The van der Waals surface area contributed by atoms with Gasteiger partial charge >= 0.3 is 0 Å². The van der Waals surface area contributed by atoms with Crippen molar-refractivity contribution in [1.29, 1.82) is 0 Å². The number of piperidine rings is 1. The standard InChI is InChI=1S/C24H31ClN2O4/c1-5-7-8-9-14-31-26-12-10-24(11-13-26)22(28)21(23(29)27(24)30-6-2)20-17(3)15-19(25)16-18(20)4/h1,15-16,21H,6-14H2,2-4H3. The number of hydrogen-bond acceptors (Lipinski definition) is 5. The third kappa shape index (κ3) is 4.65. The van der Waals surface area contributed by atoms with E-state index in [1.165, 1.54) is 5.06 Å². The average Bonchev–Trinajstić information content (AvgIpc) is 2.91. The molecule has 0 aliphatic carbocycles. The van der Waals surface area contributed by atoms with Crippen molar-refractivity contribution in [3.8, 4) is 12.3 Å². The summed E-state index contributed by atoms with van der Waals surface area (Å²) in [5.41, 5.74) is 1.48. The lowest BCUT2D eigenvalue weighted by Crippen LogP contribution is -2.56. The SMILES string of the molecule is C#CCCCCON1CCC2(CC1)C(=O)C(c1c(C)cc(Cl)cc1C)C(=O)N2OCC. The van der Waals surface area contributed by atoms with Crippen molar-refractivity contribution in [2.24, 2.45) is 0 Å². The quantitative estimate of drug-likeness (QED) is 0.343. The number of benzene rings is 1. The van der Waals surface area contributed by atoms with Crippen molar-refractivity contribution >= 4 is 23.3 Å². The highest BCUT2D eigenvalue weighted by molar-refractivity contribution is 6.30. The number of unbranched alkanes of at least 4 members (excludes halogenated alkanes) is 2. The zero-order valence-electron chi connectivity index (χ0n) is 18.6. The highest BCUT2D eigenvalue weighted by Crippen LogP contribution is 2.45. The lowest BCUT2D eigenvalue weighted by atomic mass is 9.79. The van der Waals surface area contributed by atoms with E-state index in [1.807, 2.05) is 25.8 Å². The van der Waals surface area contributed by atoms with Crippen molar-refractivity contribution < 1.29 is 19.3 Å². The van der Waals surface area contributed by atoms with Crippen LogP contribution in [0.2, 0.25) is 5.02 Å². The van der Waals surface area contributed by atoms with Crippen molar-refractivity contribution in [2.75, 3.05) is 26.3 Å². The van der Waals surface area contributed by atoms with Crippen molar-refractivity contribution in [3.05, 3.63) is 33.8 Å². The molecule has 2 heterocycles. The van der Waals surface area contributed by atoms with E-state index >= 15 is 0 Å². The molecule has 0 aromatic heterocycles. The van der Waals surface area contributed by atoms with Gasteiger partial charge in [-0.3, -0.25) is 19.3 Å². The van der Waals surface area contributed by atoms with Gasteiger partial charge in [0.15, 0.2) is 5.78 Å². The van der Waals surface area contributed by atoms with Gasteiger partial charge in [-0.15, -0.1) is 12.3 Å². The highest BCUT2D eigenvalue weighted by atomic mass is 35.5. The van der Waals surface area contributed by atoms with Crippen LogP contribution < -0.4 is 0 Å². The van der Waals surface area contributed by atoms with E-state index in [9.17, 15) is 9.59 Å². The maximum absolute atomic E-state index is 13.8. The van der Waals surface area contributed by atoms with Crippen LogP contribution in [0.15, 0.2) is 12.1 Å². The van der Waals surface area contributed by atoms with E-state index in [0.717, 1.165) is 36.0 Å². The van der Waals surface area contributed by atoms with E-state index in [-0.39, 0.29) is 11.7 Å². The molecule has 2 aliphatic rings. The van der Waals surface area contributed by atoms with Gasteiger partial charge < -0.3 is 0 Å². The fraction of sp³-hybridized carbons (Fsp3) is 0.583. The molecule has 168 valence electrons. The Morgan fingerprint density at radius 2 is 1.81 bits per heavy atom. The van der Waals surface area contributed by atoms with Crippen molar-refractivity contribution in [1.82, 2.24) is 10.1 Å². The Morgan fingerprint density at radius 3 is 2.39 bits per heavy atom. The van der Waals surface area contributed by atoms with Crippen molar-refractivity contribution in [3.63, 3.8) is 0 Å². The molecule has 1 atom stereocenters. The number of carbonyl (C=O) groups excluding carboxylic acids is 2. The highest BCUT2D eigenvalue weighted by Gasteiger charge is 2.61. The molecule has 1 aromatic rings. The predicted molar refractivity (Wildman–Crippen MR) is 119 cm³/mol. The molecule has 0 bridgehead atoms. The Hall–Kier alpha value is -1.91. The van der Waals surface area contributed by atoms with Crippen LogP contribution in [0, 0.1) is 26.2 Å². The number of ketones is 1. The van der Waals surface area contributed by atoms with Crippen LogP contribution in [0.25, 0.3) is 0 Å². The number of halogens is 1. The largest absolute Gasteiger partial charge is 0.299 e. The summed E-state index contributed by atoms with van der Waals surface area (Å²) in [7, 11) is 0. The summed E-state index contributed by atoms with van der Waals surface area (Å²) in [6.45, 7) is 7.64. The Bertz CT molecular complexity index is 848. The van der Waals surface area contributed by atoms with Crippen LogP contribution in [0.5, 0.6) is 0 Å². The average molecular weight is 447 g/mol. The second kappa shape index (κ2) is 10.1. The molecule has 0 saturated carbocycles. The molecule has 1 amide bonds. The van der Waals surface area contributed by atoms with Gasteiger partial charge in [0.05, 0.1) is 13.2 Å². The molecule has 2 fully saturated rings. The molecule has 31 heavy (non-hydrogen) atoms. The number of Topliss-reactive ketones (excluding diaryl/α,β-unsaturated/α-hetero) is 1. The van der Waals surface area contributed by atoms with Gasteiger partial charge in [-0.25, -0.2) is 5.06 Å². The van der Waals surface area contributed by atoms with Gasteiger partial charge in [0, 0.05) is 24.5 Å². The van der Waals surface area contributed by atoms with E-state index < -0.39 is 11.5 Å². The van der Waals surface area contributed by atoms with Gasteiger partial charge in [-0.2, -0.15) is 5.06 Å². The Labute approximate surface area is 189 Å². The van der Waals surface area contributed by atoms with Gasteiger partial charge in [-0.05, 0) is 75.3 Å². The minimum absolute atomic E-state index is 0.0897. The Balaban J connectivity index is 1.79. The number of aryl methyl sites for hydroxylation is 2. The maximum Gasteiger partial charge on any atom is 0.262 e. The molecule has 2 saturated heterocycles. The normalized spacial score (nSPS) is 21.1. The zero-order valence-corrected chi connectivity index (χ0v) is 19.3. The summed E-state index contributed by atoms with van der Waals surface area (Å²) >= 11 is 6.17. The molecular formula is C24H31ClN2O4. The number of hydrogen-bond donors (Lipinski definition) is 0. The predicted octanol–water partition coefficient (Wildman–Crippen LogP) is 3.97. The molecule has 0 N–H and O–H groups in total. The van der Waals surface area contributed by atoms with Gasteiger partial charge in [0.25, 0.3) is 5.91 Å². The second-order valence-corrected chi connectivity index (χ2v) is 8.69. The molecule has 2 aliphatic heterocycles. The second-order valence-electron chi connectivity index (χ2n) is 8.26. The monoisotopic (exact) mass is 446 g/mol. The molecular weight excluding hydrogens is 416 g/mol. The topological polar surface area (TPSA) is 59.1 Å². The molecule has 1 aromatic carbocycles. The van der Waals surface area contributed by atoms with Crippen LogP contribution in [-0.2, 0) is 19.3 Å². The van der Waals surface area contributed by atoms with E-state index in [2.05, 4.69) is 5.92 Å². The first-order chi connectivity index (χ1) is 14.9. The summed E-state index contributed by atoms with van der Waals surface area (Å²) in [6, 6.07) is 3.61.